The third-order valence-corrected chi connectivity index (χ3v) is 6.42. The standard InChI is InChI=1S/C23H34N4O3/c1-23(2,3)30-22(29)24-16-8-10-17(11-9-16)26-14-12-18(13-15-26)27-20-7-5-4-6-19(20)25-21(27)28/h4-7,16-18H,8-15H2,1-3H3,(H,24,29)(H,25,28)/t16-,17+. The van der Waals surface area contributed by atoms with Gasteiger partial charge in [0.2, 0.25) is 0 Å². The summed E-state index contributed by atoms with van der Waals surface area (Å²) in [4.78, 5) is 30.1. The first-order valence-electron chi connectivity index (χ1n) is 11.2. The van der Waals surface area contributed by atoms with E-state index in [0.29, 0.717) is 6.04 Å². The van der Waals surface area contributed by atoms with Crippen LogP contribution in [0.3, 0.4) is 0 Å². The summed E-state index contributed by atoms with van der Waals surface area (Å²) >= 11 is 0. The quantitative estimate of drug-likeness (QED) is 0.801. The molecule has 1 aromatic carbocycles. The van der Waals surface area contributed by atoms with Gasteiger partial charge >= 0.3 is 11.8 Å². The SMILES string of the molecule is CC(C)(C)OC(=O)N[C@H]1CC[C@@H](N2CCC(n3c(=O)[nH]c4ccccc43)CC2)CC1. The molecule has 0 bridgehead atoms. The Bertz CT molecular complexity index is 926. The van der Waals surface area contributed by atoms with Gasteiger partial charge in [-0.2, -0.15) is 0 Å². The number of hydrogen-bond acceptors (Lipinski definition) is 4. The maximum Gasteiger partial charge on any atom is 0.407 e. The van der Waals surface area contributed by atoms with Gasteiger partial charge in [-0.15, -0.1) is 0 Å². The Kier molecular flexibility index (Phi) is 5.91. The lowest BCUT2D eigenvalue weighted by atomic mass is 9.89. The number of piperidine rings is 1. The van der Waals surface area contributed by atoms with Crippen LogP contribution in [0.5, 0.6) is 0 Å². The van der Waals surface area contributed by atoms with Gasteiger partial charge in [-0.1, -0.05) is 12.1 Å². The van der Waals surface area contributed by atoms with E-state index in [1.807, 2.05) is 49.6 Å². The number of H-pyrrole nitrogens is 1. The zero-order valence-electron chi connectivity index (χ0n) is 18.3. The maximum absolute atomic E-state index is 12.5. The topological polar surface area (TPSA) is 79.4 Å². The molecule has 2 heterocycles. The zero-order chi connectivity index (χ0) is 21.3. The second kappa shape index (κ2) is 8.46. The number of aromatic amines is 1. The van der Waals surface area contributed by atoms with Gasteiger partial charge in [-0.3, -0.25) is 4.57 Å². The molecule has 4 rings (SSSR count). The Morgan fingerprint density at radius 1 is 1.03 bits per heavy atom. The van der Waals surface area contributed by atoms with Crippen LogP contribution in [0, 0.1) is 0 Å². The summed E-state index contributed by atoms with van der Waals surface area (Å²) in [5.74, 6) is 0. The average molecular weight is 415 g/mol. The predicted molar refractivity (Wildman–Crippen MR) is 118 cm³/mol. The lowest BCUT2D eigenvalue weighted by Crippen LogP contribution is -2.47. The molecule has 2 fully saturated rings. The molecule has 2 N–H and O–H groups in total. The molecule has 1 aromatic heterocycles. The van der Waals surface area contributed by atoms with Crippen LogP contribution in [0.25, 0.3) is 11.0 Å². The van der Waals surface area contributed by atoms with Gasteiger partial charge in [0, 0.05) is 31.2 Å². The minimum absolute atomic E-state index is 0.00313. The Morgan fingerprint density at radius 3 is 2.37 bits per heavy atom. The van der Waals surface area contributed by atoms with Crippen molar-refractivity contribution in [2.45, 2.75) is 83.0 Å². The zero-order valence-corrected chi connectivity index (χ0v) is 18.3. The molecule has 0 spiro atoms. The van der Waals surface area contributed by atoms with Crippen LogP contribution in [-0.2, 0) is 4.74 Å². The fraction of sp³-hybridized carbons (Fsp3) is 0.652. The van der Waals surface area contributed by atoms with Crippen molar-refractivity contribution in [3.63, 3.8) is 0 Å². The van der Waals surface area contributed by atoms with Crippen LogP contribution in [0.1, 0.15) is 65.3 Å². The minimum atomic E-state index is -0.460. The summed E-state index contributed by atoms with van der Waals surface area (Å²) in [6, 6.07) is 8.98. The first-order valence-corrected chi connectivity index (χ1v) is 11.2. The van der Waals surface area contributed by atoms with E-state index in [1.54, 1.807) is 0 Å². The molecular weight excluding hydrogens is 380 g/mol. The molecule has 0 atom stereocenters. The molecule has 2 aliphatic rings. The molecule has 30 heavy (non-hydrogen) atoms. The van der Waals surface area contributed by atoms with E-state index in [9.17, 15) is 9.59 Å². The number of carbonyl (C=O) groups excluding carboxylic acids is 1. The van der Waals surface area contributed by atoms with Crippen LogP contribution in [-0.4, -0.2) is 51.3 Å². The molecule has 0 radical (unpaired) electrons. The van der Waals surface area contributed by atoms with E-state index >= 15 is 0 Å². The molecule has 0 unspecified atom stereocenters. The second-order valence-corrected chi connectivity index (χ2v) is 9.74. The second-order valence-electron chi connectivity index (χ2n) is 9.74. The normalized spacial score (nSPS) is 24.1. The summed E-state index contributed by atoms with van der Waals surface area (Å²) in [6.07, 6.45) is 5.86. The van der Waals surface area contributed by atoms with Gasteiger partial charge in [0.15, 0.2) is 0 Å². The molecule has 1 amide bonds. The Hall–Kier alpha value is -2.28. The summed E-state index contributed by atoms with van der Waals surface area (Å²) < 4.78 is 7.33. The molecule has 1 aliphatic carbocycles. The predicted octanol–water partition coefficient (Wildman–Crippen LogP) is 3.80. The van der Waals surface area contributed by atoms with E-state index in [0.717, 1.165) is 62.6 Å². The number of likely N-dealkylation sites (tertiary alicyclic amines) is 1. The fourth-order valence-corrected chi connectivity index (χ4v) is 5.01. The van der Waals surface area contributed by atoms with Crippen molar-refractivity contribution in [3.8, 4) is 0 Å². The molecule has 164 valence electrons. The third kappa shape index (κ3) is 4.72. The highest BCUT2D eigenvalue weighted by atomic mass is 16.6. The van der Waals surface area contributed by atoms with E-state index < -0.39 is 5.60 Å². The van der Waals surface area contributed by atoms with Crippen molar-refractivity contribution in [1.29, 1.82) is 0 Å². The number of amides is 1. The van der Waals surface area contributed by atoms with E-state index in [2.05, 4.69) is 15.2 Å². The summed E-state index contributed by atoms with van der Waals surface area (Å²) in [7, 11) is 0. The van der Waals surface area contributed by atoms with Crippen LogP contribution in [0.2, 0.25) is 0 Å². The smallest absolute Gasteiger partial charge is 0.407 e. The monoisotopic (exact) mass is 414 g/mol. The number of benzene rings is 1. The van der Waals surface area contributed by atoms with Gasteiger partial charge in [0.05, 0.1) is 11.0 Å². The van der Waals surface area contributed by atoms with Crippen molar-refractivity contribution >= 4 is 17.1 Å². The lowest BCUT2D eigenvalue weighted by Gasteiger charge is -2.41. The Labute approximate surface area is 177 Å². The van der Waals surface area contributed by atoms with Crippen molar-refractivity contribution in [3.05, 3.63) is 34.7 Å². The van der Waals surface area contributed by atoms with Crippen LogP contribution in [0.15, 0.2) is 29.1 Å². The number of alkyl carbamates (subject to hydrolysis) is 1. The number of ether oxygens (including phenoxy) is 1. The van der Waals surface area contributed by atoms with Gasteiger partial charge in [-0.05, 0) is 71.4 Å². The van der Waals surface area contributed by atoms with Crippen LogP contribution >= 0.6 is 0 Å². The highest BCUT2D eigenvalue weighted by molar-refractivity contribution is 5.75. The van der Waals surface area contributed by atoms with Crippen molar-refractivity contribution in [2.24, 2.45) is 0 Å². The number of aromatic nitrogens is 2. The summed E-state index contributed by atoms with van der Waals surface area (Å²) in [5, 5.41) is 3.03. The van der Waals surface area contributed by atoms with E-state index in [1.165, 1.54) is 0 Å². The fourth-order valence-electron chi connectivity index (χ4n) is 5.01. The number of carbonyl (C=O) groups is 1. The highest BCUT2D eigenvalue weighted by Crippen LogP contribution is 2.30. The number of nitrogens with one attached hydrogen (secondary N) is 2. The van der Waals surface area contributed by atoms with Gasteiger partial charge in [-0.25, -0.2) is 9.59 Å². The minimum Gasteiger partial charge on any atom is -0.444 e. The average Bonchev–Trinajstić information content (AvgIpc) is 3.03. The number of fused-ring (bicyclic) bond motifs is 1. The Balaban J connectivity index is 1.28. The Morgan fingerprint density at radius 2 is 1.70 bits per heavy atom. The van der Waals surface area contributed by atoms with Crippen LogP contribution in [0.4, 0.5) is 4.79 Å². The molecule has 7 heteroatoms. The van der Waals surface area contributed by atoms with Crippen molar-refractivity contribution in [2.75, 3.05) is 13.1 Å². The number of para-hydroxylation sites is 2. The molecule has 7 nitrogen and oxygen atoms in total. The van der Waals surface area contributed by atoms with Crippen LogP contribution < -0.4 is 11.0 Å². The van der Waals surface area contributed by atoms with Crippen molar-refractivity contribution in [1.82, 2.24) is 19.8 Å². The molecule has 1 saturated carbocycles. The first-order chi connectivity index (χ1) is 14.3. The first kappa shape index (κ1) is 21.0. The maximum atomic E-state index is 12.5. The highest BCUT2D eigenvalue weighted by Gasteiger charge is 2.31. The molecule has 1 aliphatic heterocycles. The number of imidazole rings is 1. The largest absolute Gasteiger partial charge is 0.444 e. The summed E-state index contributed by atoms with van der Waals surface area (Å²) in [5.41, 5.74) is 1.47. The summed E-state index contributed by atoms with van der Waals surface area (Å²) in [6.45, 7) is 7.70. The van der Waals surface area contributed by atoms with E-state index in [-0.39, 0.29) is 23.9 Å². The van der Waals surface area contributed by atoms with Gasteiger partial charge < -0.3 is 19.9 Å². The molecular formula is C23H34N4O3. The number of rotatable bonds is 3. The molecule has 2 aromatic rings. The lowest BCUT2D eigenvalue weighted by molar-refractivity contribution is 0.0466. The van der Waals surface area contributed by atoms with Gasteiger partial charge in [0.1, 0.15) is 5.60 Å². The number of hydrogen-bond donors (Lipinski definition) is 2. The third-order valence-electron chi connectivity index (χ3n) is 6.42. The number of nitrogens with zero attached hydrogens (tertiary/aromatic N) is 2. The molecule has 1 saturated heterocycles. The van der Waals surface area contributed by atoms with Crippen molar-refractivity contribution < 1.29 is 9.53 Å². The van der Waals surface area contributed by atoms with E-state index in [4.69, 9.17) is 4.74 Å². The van der Waals surface area contributed by atoms with Gasteiger partial charge in [0.25, 0.3) is 0 Å².